The summed E-state index contributed by atoms with van der Waals surface area (Å²) in [5.74, 6) is -0.186. The molecule has 0 unspecified atom stereocenters. The summed E-state index contributed by atoms with van der Waals surface area (Å²) in [5.41, 5.74) is 0. The second-order valence-corrected chi connectivity index (χ2v) is 4.10. The molecule has 0 spiro atoms. The summed E-state index contributed by atoms with van der Waals surface area (Å²) in [6.07, 6.45) is 0. The number of hydrogen-bond acceptors (Lipinski definition) is 4. The highest BCUT2D eigenvalue weighted by molar-refractivity contribution is 5.97. The van der Waals surface area contributed by atoms with Gasteiger partial charge in [0.25, 0.3) is 0 Å². The Morgan fingerprint density at radius 2 is 1.53 bits per heavy atom. The largest absolute Gasteiger partial charge is 0.423 e. The maximum atomic E-state index is 5.47. The molecule has 0 saturated heterocycles. The van der Waals surface area contributed by atoms with Gasteiger partial charge < -0.3 is 4.43 Å². The summed E-state index contributed by atoms with van der Waals surface area (Å²) in [4.78, 5) is 2.37. The van der Waals surface area contributed by atoms with Crippen LogP contribution in [0.2, 0.25) is 0 Å². The van der Waals surface area contributed by atoms with Gasteiger partial charge in [-0.2, -0.15) is 0 Å². The molecule has 2 N–H and O–H groups in total. The average Bonchev–Trinajstić information content (AvgIpc) is 2.20. The third kappa shape index (κ3) is 4.20. The Kier molecular flexibility index (Phi) is 8.27. The second-order valence-electron chi connectivity index (χ2n) is 3.53. The molecule has 0 aromatic heterocycles. The fraction of sp³-hybridized carbons (Fsp3) is 1.00. The SMILES string of the molecule is CCNC(CO[SiH3])(NCC)N(CC)CC. The van der Waals surface area contributed by atoms with Gasteiger partial charge in [-0.25, -0.2) is 0 Å². The van der Waals surface area contributed by atoms with Crippen LogP contribution in [0.5, 0.6) is 0 Å². The summed E-state index contributed by atoms with van der Waals surface area (Å²) in [6.45, 7) is 13.2. The summed E-state index contributed by atoms with van der Waals surface area (Å²) < 4.78 is 5.47. The minimum absolute atomic E-state index is 0.186. The van der Waals surface area contributed by atoms with Crippen molar-refractivity contribution in [2.24, 2.45) is 0 Å². The Morgan fingerprint density at radius 3 is 1.80 bits per heavy atom. The lowest BCUT2D eigenvalue weighted by Crippen LogP contribution is -2.70. The molecule has 92 valence electrons. The van der Waals surface area contributed by atoms with Crippen molar-refractivity contribution in [3.8, 4) is 0 Å². The van der Waals surface area contributed by atoms with E-state index in [0.717, 1.165) is 36.7 Å². The van der Waals surface area contributed by atoms with Crippen LogP contribution in [-0.2, 0) is 4.43 Å². The fourth-order valence-corrected chi connectivity index (χ4v) is 2.45. The standard InChI is InChI=1S/C10H27N3OSi/c1-5-11-10(9-14-15,12-6-2)13(7-3)8-4/h11-12H,5-9H2,1-4,15H3. The molecule has 0 aliphatic heterocycles. The first-order valence-electron chi connectivity index (χ1n) is 5.94. The van der Waals surface area contributed by atoms with E-state index in [4.69, 9.17) is 4.43 Å². The summed E-state index contributed by atoms with van der Waals surface area (Å²) in [6, 6.07) is 0. The normalized spacial score (nSPS) is 12.6. The minimum atomic E-state index is -0.186. The fourth-order valence-electron chi connectivity index (χ4n) is 2.04. The van der Waals surface area contributed by atoms with Gasteiger partial charge in [-0.15, -0.1) is 0 Å². The molecular weight excluding hydrogens is 206 g/mol. The molecular formula is C10H27N3OSi. The quantitative estimate of drug-likeness (QED) is 0.416. The number of nitrogens with zero attached hydrogens (tertiary/aromatic N) is 1. The van der Waals surface area contributed by atoms with Crippen molar-refractivity contribution < 1.29 is 4.43 Å². The number of rotatable bonds is 9. The highest BCUT2D eigenvalue weighted by Crippen LogP contribution is 2.08. The molecule has 0 aliphatic rings. The summed E-state index contributed by atoms with van der Waals surface area (Å²) in [7, 11) is 0.778. The van der Waals surface area contributed by atoms with Gasteiger partial charge >= 0.3 is 0 Å². The van der Waals surface area contributed by atoms with E-state index in [-0.39, 0.29) is 5.79 Å². The molecule has 0 saturated carbocycles. The van der Waals surface area contributed by atoms with E-state index in [2.05, 4.69) is 43.2 Å². The Hall–Kier alpha value is 0.0569. The van der Waals surface area contributed by atoms with E-state index in [1.165, 1.54) is 0 Å². The smallest absolute Gasteiger partial charge is 0.148 e. The highest BCUT2D eigenvalue weighted by Gasteiger charge is 2.32. The van der Waals surface area contributed by atoms with Crippen LogP contribution < -0.4 is 10.6 Å². The first-order chi connectivity index (χ1) is 7.20. The van der Waals surface area contributed by atoms with Gasteiger partial charge in [-0.1, -0.05) is 27.7 Å². The van der Waals surface area contributed by atoms with Gasteiger partial charge in [-0.05, 0) is 26.2 Å². The zero-order chi connectivity index (χ0) is 11.7. The predicted octanol–water partition coefficient (Wildman–Crippen LogP) is -0.502. The molecule has 0 atom stereocenters. The number of nitrogens with one attached hydrogen (secondary N) is 2. The molecule has 4 nitrogen and oxygen atoms in total. The second kappa shape index (κ2) is 8.24. The van der Waals surface area contributed by atoms with E-state index < -0.39 is 0 Å². The molecule has 0 fully saturated rings. The Morgan fingerprint density at radius 1 is 1.07 bits per heavy atom. The van der Waals surface area contributed by atoms with E-state index in [9.17, 15) is 0 Å². The lowest BCUT2D eigenvalue weighted by atomic mass is 10.2. The van der Waals surface area contributed by atoms with Crippen LogP contribution in [0.15, 0.2) is 0 Å². The molecule has 0 aromatic carbocycles. The number of hydrogen-bond donors (Lipinski definition) is 2. The maximum Gasteiger partial charge on any atom is 0.148 e. The van der Waals surface area contributed by atoms with Crippen LogP contribution >= 0.6 is 0 Å². The van der Waals surface area contributed by atoms with Crippen molar-refractivity contribution in [1.29, 1.82) is 0 Å². The Labute approximate surface area is 97.3 Å². The number of likely N-dealkylation sites (N-methyl/N-ethyl adjacent to an activating group) is 3. The van der Waals surface area contributed by atoms with Crippen molar-refractivity contribution in [3.63, 3.8) is 0 Å². The Balaban J connectivity index is 4.71. The van der Waals surface area contributed by atoms with Gasteiger partial charge in [0.15, 0.2) is 0 Å². The van der Waals surface area contributed by atoms with Crippen molar-refractivity contribution in [2.45, 2.75) is 33.5 Å². The lowest BCUT2D eigenvalue weighted by molar-refractivity contribution is -0.00567. The first kappa shape index (κ1) is 15.1. The van der Waals surface area contributed by atoms with Crippen LogP contribution in [0.25, 0.3) is 0 Å². The predicted molar refractivity (Wildman–Crippen MR) is 68.9 cm³/mol. The lowest BCUT2D eigenvalue weighted by Gasteiger charge is -2.44. The average molecular weight is 233 g/mol. The first-order valence-corrected chi connectivity index (χ1v) is 6.76. The molecule has 15 heavy (non-hydrogen) atoms. The van der Waals surface area contributed by atoms with Gasteiger partial charge in [0, 0.05) is 0 Å². The van der Waals surface area contributed by atoms with E-state index in [1.807, 2.05) is 0 Å². The van der Waals surface area contributed by atoms with Crippen LogP contribution in [0.1, 0.15) is 27.7 Å². The van der Waals surface area contributed by atoms with Crippen LogP contribution in [-0.4, -0.2) is 54.0 Å². The summed E-state index contributed by atoms with van der Waals surface area (Å²) in [5, 5.41) is 7.02. The molecule has 0 amide bonds. The van der Waals surface area contributed by atoms with E-state index in [1.54, 1.807) is 0 Å². The van der Waals surface area contributed by atoms with Crippen LogP contribution in [0.3, 0.4) is 0 Å². The highest BCUT2D eigenvalue weighted by atomic mass is 28.2. The maximum absolute atomic E-state index is 5.47. The van der Waals surface area contributed by atoms with Crippen LogP contribution in [0.4, 0.5) is 0 Å². The van der Waals surface area contributed by atoms with Crippen molar-refractivity contribution >= 4 is 10.5 Å². The van der Waals surface area contributed by atoms with E-state index >= 15 is 0 Å². The Bertz CT molecular complexity index is 137. The van der Waals surface area contributed by atoms with Crippen LogP contribution in [0, 0.1) is 0 Å². The molecule has 5 heteroatoms. The summed E-state index contributed by atoms with van der Waals surface area (Å²) >= 11 is 0. The monoisotopic (exact) mass is 233 g/mol. The van der Waals surface area contributed by atoms with Gasteiger partial charge in [0.1, 0.15) is 16.3 Å². The van der Waals surface area contributed by atoms with Gasteiger partial charge in [0.05, 0.1) is 6.61 Å². The topological polar surface area (TPSA) is 36.5 Å². The molecule has 0 aliphatic carbocycles. The van der Waals surface area contributed by atoms with Crippen molar-refractivity contribution in [2.75, 3.05) is 32.8 Å². The molecule has 0 rings (SSSR count). The van der Waals surface area contributed by atoms with Crippen molar-refractivity contribution in [1.82, 2.24) is 15.5 Å². The zero-order valence-corrected chi connectivity index (χ0v) is 12.9. The van der Waals surface area contributed by atoms with Gasteiger partial charge in [0.2, 0.25) is 0 Å². The third-order valence-electron chi connectivity index (χ3n) is 2.59. The molecule has 0 radical (unpaired) electrons. The third-order valence-corrected chi connectivity index (χ3v) is 2.88. The van der Waals surface area contributed by atoms with Crippen molar-refractivity contribution in [3.05, 3.63) is 0 Å². The van der Waals surface area contributed by atoms with E-state index in [0.29, 0.717) is 6.61 Å². The molecule has 0 heterocycles. The minimum Gasteiger partial charge on any atom is -0.423 e. The van der Waals surface area contributed by atoms with Gasteiger partial charge in [-0.3, -0.25) is 15.5 Å². The molecule has 0 bridgehead atoms. The zero-order valence-electron chi connectivity index (χ0n) is 10.9. The molecule has 0 aromatic rings.